The molecule has 0 radical (unpaired) electrons. The van der Waals surface area contributed by atoms with Crippen molar-refractivity contribution in [2.45, 2.75) is 64.1 Å². The molecular formula is C29H36O5Si. The van der Waals surface area contributed by atoms with Gasteiger partial charge in [-0.15, -0.1) is 0 Å². The Balaban J connectivity index is 1.49. The van der Waals surface area contributed by atoms with Gasteiger partial charge in [-0.05, 0) is 36.3 Å². The van der Waals surface area contributed by atoms with E-state index in [0.717, 1.165) is 16.7 Å². The first-order valence-electron chi connectivity index (χ1n) is 12.2. The Morgan fingerprint density at radius 2 is 1.09 bits per heavy atom. The highest BCUT2D eigenvalue weighted by molar-refractivity contribution is 6.69. The van der Waals surface area contributed by atoms with Crippen LogP contribution in [0.15, 0.2) is 91.0 Å². The molecule has 0 aliphatic carbocycles. The zero-order chi connectivity index (χ0) is 24.5. The molecule has 0 aromatic heterocycles. The number of hydrogen-bond acceptors (Lipinski definition) is 5. The minimum atomic E-state index is -1.90. The summed E-state index contributed by atoms with van der Waals surface area (Å²) in [6.45, 7) is 8.31. The Bertz CT molecular complexity index is 994. The summed E-state index contributed by atoms with van der Waals surface area (Å²) in [5.74, 6) is 0. The van der Waals surface area contributed by atoms with Crippen LogP contribution in [0, 0.1) is 0 Å². The molecule has 4 rings (SSSR count). The third-order valence-corrected chi connectivity index (χ3v) is 6.64. The largest absolute Gasteiger partial charge is 0.391 e. The van der Waals surface area contributed by atoms with Crippen LogP contribution >= 0.6 is 0 Å². The minimum Gasteiger partial charge on any atom is -0.391 e. The molecule has 0 unspecified atom stereocenters. The van der Waals surface area contributed by atoms with Gasteiger partial charge < -0.3 is 23.4 Å². The predicted octanol–water partition coefficient (Wildman–Crippen LogP) is 5.95. The van der Waals surface area contributed by atoms with E-state index in [-0.39, 0.29) is 18.3 Å². The fourth-order valence-corrected chi connectivity index (χ4v) is 4.93. The van der Waals surface area contributed by atoms with Gasteiger partial charge in [0.15, 0.2) is 14.6 Å². The van der Waals surface area contributed by atoms with Crippen molar-refractivity contribution in [3.8, 4) is 0 Å². The quantitative estimate of drug-likeness (QED) is 0.292. The molecule has 0 N–H and O–H groups in total. The van der Waals surface area contributed by atoms with E-state index in [1.54, 1.807) is 0 Å². The van der Waals surface area contributed by atoms with Gasteiger partial charge in [-0.1, -0.05) is 91.0 Å². The Morgan fingerprint density at radius 3 is 1.57 bits per heavy atom. The van der Waals surface area contributed by atoms with E-state index in [4.69, 9.17) is 23.4 Å². The van der Waals surface area contributed by atoms with Crippen molar-refractivity contribution in [2.75, 3.05) is 6.61 Å². The van der Waals surface area contributed by atoms with Crippen LogP contribution in [0.2, 0.25) is 19.6 Å². The molecule has 1 saturated heterocycles. The molecule has 0 amide bonds. The van der Waals surface area contributed by atoms with Gasteiger partial charge in [-0.3, -0.25) is 0 Å². The van der Waals surface area contributed by atoms with E-state index in [0.29, 0.717) is 26.4 Å². The van der Waals surface area contributed by atoms with E-state index >= 15 is 0 Å². The second kappa shape index (κ2) is 12.6. The molecule has 5 nitrogen and oxygen atoms in total. The topological polar surface area (TPSA) is 46.2 Å². The summed E-state index contributed by atoms with van der Waals surface area (Å²) in [5, 5.41) is 0. The highest BCUT2D eigenvalue weighted by Crippen LogP contribution is 2.31. The predicted molar refractivity (Wildman–Crippen MR) is 139 cm³/mol. The first-order chi connectivity index (χ1) is 17.0. The van der Waals surface area contributed by atoms with Gasteiger partial charge in [0, 0.05) is 0 Å². The Hall–Kier alpha value is -2.32. The van der Waals surface area contributed by atoms with Crippen LogP contribution in [-0.4, -0.2) is 39.5 Å². The van der Waals surface area contributed by atoms with Crippen molar-refractivity contribution in [1.82, 2.24) is 0 Å². The number of rotatable bonds is 12. The van der Waals surface area contributed by atoms with Gasteiger partial charge in [0.25, 0.3) is 0 Å². The van der Waals surface area contributed by atoms with Gasteiger partial charge in [0.1, 0.15) is 18.3 Å². The van der Waals surface area contributed by atoms with E-state index < -0.39 is 14.6 Å². The number of hydrogen-bond donors (Lipinski definition) is 0. The molecule has 6 heteroatoms. The van der Waals surface area contributed by atoms with Gasteiger partial charge in [0.2, 0.25) is 0 Å². The first-order valence-corrected chi connectivity index (χ1v) is 15.6. The highest BCUT2D eigenvalue weighted by atomic mass is 28.4. The van der Waals surface area contributed by atoms with Crippen LogP contribution in [0.4, 0.5) is 0 Å². The third kappa shape index (κ3) is 8.10. The molecule has 1 heterocycles. The molecule has 1 aliphatic heterocycles. The van der Waals surface area contributed by atoms with Gasteiger partial charge >= 0.3 is 0 Å². The van der Waals surface area contributed by atoms with Crippen molar-refractivity contribution < 1.29 is 23.4 Å². The summed E-state index contributed by atoms with van der Waals surface area (Å²) in [6, 6.07) is 30.5. The summed E-state index contributed by atoms with van der Waals surface area (Å²) < 4.78 is 31.8. The lowest BCUT2D eigenvalue weighted by atomic mass is 10.1. The zero-order valence-electron chi connectivity index (χ0n) is 20.8. The highest BCUT2D eigenvalue weighted by Gasteiger charge is 2.48. The zero-order valence-corrected chi connectivity index (χ0v) is 21.8. The lowest BCUT2D eigenvalue weighted by molar-refractivity contribution is -0.143. The van der Waals surface area contributed by atoms with E-state index in [2.05, 4.69) is 56.0 Å². The van der Waals surface area contributed by atoms with Crippen LogP contribution in [0.5, 0.6) is 0 Å². The lowest BCUT2D eigenvalue weighted by Crippen LogP contribution is -2.42. The monoisotopic (exact) mass is 492 g/mol. The average Bonchev–Trinajstić information content (AvgIpc) is 3.17. The number of ether oxygens (including phenoxy) is 4. The summed E-state index contributed by atoms with van der Waals surface area (Å²) in [7, 11) is -1.90. The molecule has 3 aromatic carbocycles. The van der Waals surface area contributed by atoms with Gasteiger partial charge in [0.05, 0.1) is 26.4 Å². The molecule has 35 heavy (non-hydrogen) atoms. The lowest BCUT2D eigenvalue weighted by Gasteiger charge is -2.28. The smallest absolute Gasteiger partial charge is 0.187 e. The number of benzene rings is 3. The first kappa shape index (κ1) is 25.8. The average molecular weight is 493 g/mol. The molecule has 1 fully saturated rings. The SMILES string of the molecule is C[Si](C)(C)O[C@H]1O[C@H](COCc2ccccc2)[C@@H](OCc2ccccc2)[C@@H]1OCc1ccccc1. The van der Waals surface area contributed by atoms with E-state index in [9.17, 15) is 0 Å². The molecule has 186 valence electrons. The van der Waals surface area contributed by atoms with E-state index in [1.165, 1.54) is 0 Å². The maximum atomic E-state index is 6.46. The summed E-state index contributed by atoms with van der Waals surface area (Å²) in [5.41, 5.74) is 3.33. The normalized spacial score (nSPS) is 22.4. The van der Waals surface area contributed by atoms with Crippen LogP contribution < -0.4 is 0 Å². The molecule has 0 saturated carbocycles. The second-order valence-corrected chi connectivity index (χ2v) is 14.3. The van der Waals surface area contributed by atoms with Crippen LogP contribution in [-0.2, 0) is 43.2 Å². The van der Waals surface area contributed by atoms with Crippen molar-refractivity contribution in [1.29, 1.82) is 0 Å². The Kier molecular flexibility index (Phi) is 9.26. The second-order valence-electron chi connectivity index (χ2n) is 9.80. The fourth-order valence-electron chi connectivity index (χ4n) is 4.05. The summed E-state index contributed by atoms with van der Waals surface area (Å²) in [4.78, 5) is 0. The minimum absolute atomic E-state index is 0.301. The van der Waals surface area contributed by atoms with Crippen LogP contribution in [0.25, 0.3) is 0 Å². The van der Waals surface area contributed by atoms with Crippen molar-refractivity contribution in [2.24, 2.45) is 0 Å². The third-order valence-electron chi connectivity index (χ3n) is 5.70. The molecular weight excluding hydrogens is 456 g/mol. The van der Waals surface area contributed by atoms with Gasteiger partial charge in [-0.2, -0.15) is 0 Å². The maximum absolute atomic E-state index is 6.46. The maximum Gasteiger partial charge on any atom is 0.187 e. The summed E-state index contributed by atoms with van der Waals surface area (Å²) in [6.07, 6.45) is -1.49. The fraction of sp³-hybridized carbons (Fsp3) is 0.379. The van der Waals surface area contributed by atoms with Crippen LogP contribution in [0.3, 0.4) is 0 Å². The van der Waals surface area contributed by atoms with Gasteiger partial charge in [-0.25, -0.2) is 0 Å². The molecule has 3 aromatic rings. The molecule has 0 bridgehead atoms. The van der Waals surface area contributed by atoms with Crippen molar-refractivity contribution >= 4 is 8.32 Å². The van der Waals surface area contributed by atoms with E-state index in [1.807, 2.05) is 54.6 Å². The molecule has 0 spiro atoms. The summed E-state index contributed by atoms with van der Waals surface area (Å²) >= 11 is 0. The van der Waals surface area contributed by atoms with Crippen LogP contribution in [0.1, 0.15) is 16.7 Å². The Morgan fingerprint density at radius 1 is 0.629 bits per heavy atom. The molecule has 1 aliphatic rings. The Labute approximate surface area is 210 Å². The standard InChI is InChI=1S/C29H36O5Si/c1-35(2,3)34-29-28(32-21-25-17-11-6-12-18-25)27(31-20-24-15-9-5-10-16-24)26(33-29)22-30-19-23-13-7-4-8-14-23/h4-18,26-29H,19-22H2,1-3H3/t26-,27-,28+,29-/m1/s1. The van der Waals surface area contributed by atoms with Crippen molar-refractivity contribution in [3.05, 3.63) is 108 Å². The van der Waals surface area contributed by atoms with Crippen molar-refractivity contribution in [3.63, 3.8) is 0 Å². The molecule has 4 atom stereocenters.